The van der Waals surface area contributed by atoms with Gasteiger partial charge < -0.3 is 9.47 Å². The van der Waals surface area contributed by atoms with Gasteiger partial charge in [0.1, 0.15) is 0 Å². The van der Waals surface area contributed by atoms with Crippen LogP contribution < -0.4 is 9.47 Å². The van der Waals surface area contributed by atoms with Crippen molar-refractivity contribution >= 4 is 17.3 Å². The van der Waals surface area contributed by atoms with Crippen molar-refractivity contribution in [2.75, 3.05) is 7.11 Å². The van der Waals surface area contributed by atoms with Gasteiger partial charge in [-0.05, 0) is 26.0 Å². The Morgan fingerprint density at radius 1 is 1.04 bits per heavy atom. The molecule has 1 aromatic heterocycles. The zero-order valence-corrected chi connectivity index (χ0v) is 15.2. The Morgan fingerprint density at radius 3 is 2.40 bits per heavy atom. The van der Waals surface area contributed by atoms with Crippen molar-refractivity contribution in [3.05, 3.63) is 64.0 Å². The lowest BCUT2D eigenvalue weighted by atomic mass is 10.1. The Labute approximate surface area is 151 Å². The lowest BCUT2D eigenvalue weighted by Gasteiger charge is -2.08. The Morgan fingerprint density at radius 2 is 1.72 bits per heavy atom. The van der Waals surface area contributed by atoms with E-state index in [1.807, 2.05) is 44.2 Å². The van der Waals surface area contributed by atoms with Crippen LogP contribution in [-0.4, -0.2) is 18.1 Å². The maximum absolute atomic E-state index is 12.4. The Balaban J connectivity index is 1.81. The van der Waals surface area contributed by atoms with E-state index in [0.29, 0.717) is 11.5 Å². The van der Waals surface area contributed by atoms with Crippen molar-refractivity contribution in [2.45, 2.75) is 20.3 Å². The lowest BCUT2D eigenvalue weighted by molar-refractivity contribution is -0.133. The number of rotatable bonds is 5. The summed E-state index contributed by atoms with van der Waals surface area (Å²) in [6.07, 6.45) is 0.173. The number of ether oxygens (including phenoxy) is 2. The van der Waals surface area contributed by atoms with Crippen LogP contribution in [0.3, 0.4) is 0 Å². The first-order chi connectivity index (χ1) is 12.1. The maximum Gasteiger partial charge on any atom is 0.316 e. The van der Waals surface area contributed by atoms with E-state index in [0.717, 1.165) is 21.1 Å². The monoisotopic (exact) mass is 353 g/mol. The minimum atomic E-state index is -0.332. The van der Waals surface area contributed by atoms with Gasteiger partial charge in [-0.15, -0.1) is 11.3 Å². The number of benzene rings is 2. The number of aromatic nitrogens is 1. The van der Waals surface area contributed by atoms with Crippen LogP contribution in [0, 0.1) is 13.8 Å². The highest BCUT2D eigenvalue weighted by Gasteiger charge is 2.17. The van der Waals surface area contributed by atoms with Gasteiger partial charge in [-0.2, -0.15) is 0 Å². The average Bonchev–Trinajstić information content (AvgIpc) is 2.96. The quantitative estimate of drug-likeness (QED) is 0.497. The molecule has 1 heterocycles. The molecule has 0 amide bonds. The molecule has 5 heteroatoms. The molecule has 0 saturated carbocycles. The van der Waals surface area contributed by atoms with Crippen LogP contribution in [0.5, 0.6) is 11.5 Å². The summed E-state index contributed by atoms with van der Waals surface area (Å²) in [6.45, 7) is 3.99. The molecule has 3 aromatic rings. The van der Waals surface area contributed by atoms with Gasteiger partial charge in [0.05, 0.1) is 24.2 Å². The highest BCUT2D eigenvalue weighted by atomic mass is 32.1. The Bertz CT molecular complexity index is 884. The second kappa shape index (κ2) is 7.49. The predicted molar refractivity (Wildman–Crippen MR) is 99.4 cm³/mol. The summed E-state index contributed by atoms with van der Waals surface area (Å²) in [5.74, 6) is 0.629. The van der Waals surface area contributed by atoms with Crippen molar-refractivity contribution in [3.8, 4) is 22.8 Å². The molecule has 2 aromatic carbocycles. The molecule has 0 aliphatic carbocycles. The summed E-state index contributed by atoms with van der Waals surface area (Å²) >= 11 is 1.52. The standard InChI is InChI=1S/C20H19NO3S/c1-13-8-10-15(11-9-13)20-18(25-14(2)21-20)12-19(22)24-17-7-5-4-6-16(17)23-3/h4-11H,12H2,1-3H3. The van der Waals surface area contributed by atoms with E-state index in [-0.39, 0.29) is 12.4 Å². The molecule has 3 rings (SSSR count). The summed E-state index contributed by atoms with van der Waals surface area (Å²) in [6, 6.07) is 15.3. The van der Waals surface area contributed by atoms with Crippen molar-refractivity contribution in [1.29, 1.82) is 0 Å². The zero-order valence-electron chi connectivity index (χ0n) is 14.4. The first-order valence-corrected chi connectivity index (χ1v) is 8.75. The average molecular weight is 353 g/mol. The second-order valence-corrected chi connectivity index (χ2v) is 6.96. The number of methoxy groups -OCH3 is 1. The highest BCUT2D eigenvalue weighted by molar-refractivity contribution is 7.12. The minimum Gasteiger partial charge on any atom is -0.493 e. The SMILES string of the molecule is COc1ccccc1OC(=O)Cc1sc(C)nc1-c1ccc(C)cc1. The Hall–Kier alpha value is -2.66. The number of nitrogens with zero attached hydrogens (tertiary/aromatic N) is 1. The largest absolute Gasteiger partial charge is 0.493 e. The molecular formula is C20H19NO3S. The maximum atomic E-state index is 12.4. The van der Waals surface area contributed by atoms with Crippen molar-refractivity contribution in [1.82, 2.24) is 4.98 Å². The smallest absolute Gasteiger partial charge is 0.316 e. The van der Waals surface area contributed by atoms with E-state index >= 15 is 0 Å². The molecule has 0 aliphatic rings. The second-order valence-electron chi connectivity index (χ2n) is 5.67. The van der Waals surface area contributed by atoms with E-state index in [2.05, 4.69) is 4.98 Å². The van der Waals surface area contributed by atoms with Crippen LogP contribution in [-0.2, 0) is 11.2 Å². The van der Waals surface area contributed by atoms with Crippen LogP contribution in [0.1, 0.15) is 15.4 Å². The molecule has 0 bridgehead atoms. The Kier molecular flexibility index (Phi) is 5.14. The van der Waals surface area contributed by atoms with Crippen LogP contribution in [0.15, 0.2) is 48.5 Å². The summed E-state index contributed by atoms with van der Waals surface area (Å²) < 4.78 is 10.7. The third-order valence-electron chi connectivity index (χ3n) is 3.73. The number of hydrogen-bond donors (Lipinski definition) is 0. The topological polar surface area (TPSA) is 48.4 Å². The van der Waals surface area contributed by atoms with Crippen LogP contribution in [0.25, 0.3) is 11.3 Å². The summed E-state index contributed by atoms with van der Waals surface area (Å²) in [5, 5.41) is 0.927. The molecular weight excluding hydrogens is 334 g/mol. The van der Waals surface area contributed by atoms with Crippen molar-refractivity contribution in [3.63, 3.8) is 0 Å². The molecule has 0 radical (unpaired) electrons. The van der Waals surface area contributed by atoms with E-state index in [4.69, 9.17) is 9.47 Å². The van der Waals surface area contributed by atoms with E-state index < -0.39 is 0 Å². The van der Waals surface area contributed by atoms with Crippen LogP contribution in [0.2, 0.25) is 0 Å². The molecule has 0 aliphatic heterocycles. The zero-order chi connectivity index (χ0) is 17.8. The normalized spacial score (nSPS) is 10.5. The number of thiazole rings is 1. The van der Waals surface area contributed by atoms with E-state index in [1.54, 1.807) is 25.3 Å². The predicted octanol–water partition coefficient (Wildman–Crippen LogP) is 4.58. The molecule has 0 saturated heterocycles. The molecule has 128 valence electrons. The third-order valence-corrected chi connectivity index (χ3v) is 4.70. The third kappa shape index (κ3) is 4.06. The molecule has 0 unspecified atom stereocenters. The number of aryl methyl sites for hydroxylation is 2. The van der Waals surface area contributed by atoms with Crippen LogP contribution >= 0.6 is 11.3 Å². The molecule has 0 fully saturated rings. The van der Waals surface area contributed by atoms with Crippen LogP contribution in [0.4, 0.5) is 0 Å². The van der Waals surface area contributed by atoms with Gasteiger partial charge >= 0.3 is 5.97 Å². The minimum absolute atomic E-state index is 0.173. The first-order valence-electron chi connectivity index (χ1n) is 7.94. The summed E-state index contributed by atoms with van der Waals surface area (Å²) in [7, 11) is 1.55. The molecule has 4 nitrogen and oxygen atoms in total. The fourth-order valence-electron chi connectivity index (χ4n) is 2.52. The van der Waals surface area contributed by atoms with Crippen molar-refractivity contribution in [2.24, 2.45) is 0 Å². The molecule has 0 N–H and O–H groups in total. The molecule has 25 heavy (non-hydrogen) atoms. The lowest BCUT2D eigenvalue weighted by Crippen LogP contribution is -2.11. The highest BCUT2D eigenvalue weighted by Crippen LogP contribution is 2.30. The number of para-hydroxylation sites is 2. The fraction of sp³-hybridized carbons (Fsp3) is 0.200. The number of esters is 1. The van der Waals surface area contributed by atoms with E-state index in [9.17, 15) is 4.79 Å². The van der Waals surface area contributed by atoms with Gasteiger partial charge in [0.15, 0.2) is 11.5 Å². The van der Waals surface area contributed by atoms with Gasteiger partial charge in [-0.1, -0.05) is 42.0 Å². The number of carbonyl (C=O) groups is 1. The van der Waals surface area contributed by atoms with Gasteiger partial charge in [0.2, 0.25) is 0 Å². The first kappa shape index (κ1) is 17.2. The van der Waals surface area contributed by atoms with E-state index in [1.165, 1.54) is 16.9 Å². The summed E-state index contributed by atoms with van der Waals surface area (Å²) in [4.78, 5) is 17.9. The molecule has 0 spiro atoms. The fourth-order valence-corrected chi connectivity index (χ4v) is 3.46. The van der Waals surface area contributed by atoms with Crippen molar-refractivity contribution < 1.29 is 14.3 Å². The number of hydrogen-bond acceptors (Lipinski definition) is 5. The summed E-state index contributed by atoms with van der Waals surface area (Å²) in [5.41, 5.74) is 3.04. The molecule has 0 atom stereocenters. The van der Waals surface area contributed by atoms with Gasteiger partial charge in [-0.3, -0.25) is 4.79 Å². The van der Waals surface area contributed by atoms with Gasteiger partial charge in [-0.25, -0.2) is 4.98 Å². The van der Waals surface area contributed by atoms with Gasteiger partial charge in [0, 0.05) is 10.4 Å². The number of carbonyl (C=O) groups excluding carboxylic acids is 1. The van der Waals surface area contributed by atoms with Gasteiger partial charge in [0.25, 0.3) is 0 Å².